The average molecular weight is 433 g/mol. The highest BCUT2D eigenvalue weighted by Crippen LogP contribution is 2.22. The first kappa shape index (κ1) is 21.4. The molecule has 0 aliphatic carbocycles. The Morgan fingerprint density at radius 1 is 1.24 bits per heavy atom. The van der Waals surface area contributed by atoms with Crippen LogP contribution in [0.2, 0.25) is 0 Å². The summed E-state index contributed by atoms with van der Waals surface area (Å²) in [5.41, 5.74) is 2.16. The third kappa shape index (κ3) is 5.17. The van der Waals surface area contributed by atoms with Gasteiger partial charge in [-0.25, -0.2) is 18.5 Å². The fraction of sp³-hybridized carbons (Fsp3) is 0.300. The van der Waals surface area contributed by atoms with Gasteiger partial charge in [0.05, 0.1) is 15.9 Å². The van der Waals surface area contributed by atoms with Gasteiger partial charge >= 0.3 is 0 Å². The van der Waals surface area contributed by atoms with Gasteiger partial charge in [0.15, 0.2) is 0 Å². The molecule has 2 aromatic carbocycles. The second kappa shape index (κ2) is 8.98. The SMILES string of the molecule is CCCn1c(CCC(=O)Nc2cccc(SC)c2)nc2cc(S(N)(=O)=O)ccc21. The summed E-state index contributed by atoms with van der Waals surface area (Å²) in [6, 6.07) is 12.4. The van der Waals surface area contributed by atoms with Crippen molar-refractivity contribution in [2.24, 2.45) is 5.14 Å². The molecule has 3 rings (SSSR count). The number of primary sulfonamides is 1. The van der Waals surface area contributed by atoms with Crippen LogP contribution in [0.5, 0.6) is 0 Å². The van der Waals surface area contributed by atoms with Crippen LogP contribution < -0.4 is 10.5 Å². The maximum atomic E-state index is 12.4. The average Bonchev–Trinajstić information content (AvgIpc) is 3.03. The summed E-state index contributed by atoms with van der Waals surface area (Å²) in [4.78, 5) is 18.1. The number of carbonyl (C=O) groups is 1. The number of thioether (sulfide) groups is 1. The molecule has 3 N–H and O–H groups in total. The van der Waals surface area contributed by atoms with E-state index in [1.807, 2.05) is 35.1 Å². The minimum absolute atomic E-state index is 0.0316. The number of aromatic nitrogens is 2. The summed E-state index contributed by atoms with van der Waals surface area (Å²) >= 11 is 1.62. The topological polar surface area (TPSA) is 107 Å². The Bertz CT molecular complexity index is 1140. The Kier molecular flexibility index (Phi) is 6.61. The molecule has 0 saturated heterocycles. The van der Waals surface area contributed by atoms with Crippen molar-refractivity contribution in [3.8, 4) is 0 Å². The van der Waals surface area contributed by atoms with Crippen LogP contribution >= 0.6 is 11.8 Å². The van der Waals surface area contributed by atoms with Gasteiger partial charge in [-0.2, -0.15) is 0 Å². The highest BCUT2D eigenvalue weighted by atomic mass is 32.2. The second-order valence-electron chi connectivity index (χ2n) is 6.66. The van der Waals surface area contributed by atoms with E-state index in [4.69, 9.17) is 5.14 Å². The quantitative estimate of drug-likeness (QED) is 0.531. The fourth-order valence-corrected chi connectivity index (χ4v) is 4.14. The van der Waals surface area contributed by atoms with Gasteiger partial charge in [-0.05, 0) is 49.1 Å². The number of sulfonamides is 1. The molecule has 0 radical (unpaired) electrons. The van der Waals surface area contributed by atoms with Crippen molar-refractivity contribution in [3.63, 3.8) is 0 Å². The number of nitrogens with two attached hydrogens (primary N) is 1. The molecule has 29 heavy (non-hydrogen) atoms. The van der Waals surface area contributed by atoms with Crippen LogP contribution in [0.3, 0.4) is 0 Å². The van der Waals surface area contributed by atoms with Gasteiger partial charge in [0.1, 0.15) is 5.82 Å². The van der Waals surface area contributed by atoms with Crippen LogP contribution in [0.25, 0.3) is 11.0 Å². The molecular formula is C20H24N4O3S2. The van der Waals surface area contributed by atoms with Crippen molar-refractivity contribution in [2.45, 2.75) is 42.5 Å². The normalized spacial score (nSPS) is 11.7. The first-order valence-electron chi connectivity index (χ1n) is 9.27. The number of hydrogen-bond acceptors (Lipinski definition) is 5. The molecule has 7 nitrogen and oxygen atoms in total. The largest absolute Gasteiger partial charge is 0.328 e. The number of aryl methyl sites for hydroxylation is 2. The number of nitrogens with one attached hydrogen (secondary N) is 1. The van der Waals surface area contributed by atoms with Gasteiger partial charge in [-0.1, -0.05) is 13.0 Å². The number of anilines is 1. The molecule has 0 spiro atoms. The van der Waals surface area contributed by atoms with E-state index in [2.05, 4.69) is 17.2 Å². The van der Waals surface area contributed by atoms with Crippen LogP contribution in [-0.2, 0) is 27.8 Å². The molecule has 0 bridgehead atoms. The lowest BCUT2D eigenvalue weighted by atomic mass is 10.2. The van der Waals surface area contributed by atoms with Gasteiger partial charge in [0.25, 0.3) is 0 Å². The van der Waals surface area contributed by atoms with Crippen molar-refractivity contribution in [1.82, 2.24) is 9.55 Å². The van der Waals surface area contributed by atoms with Crippen molar-refractivity contribution in [2.75, 3.05) is 11.6 Å². The predicted octanol–water partition coefficient (Wildman–Crippen LogP) is 3.39. The number of carbonyl (C=O) groups excluding carboxylic acids is 1. The molecule has 0 atom stereocenters. The molecule has 154 valence electrons. The van der Waals surface area contributed by atoms with Gasteiger partial charge in [-0.3, -0.25) is 4.79 Å². The second-order valence-corrected chi connectivity index (χ2v) is 9.10. The zero-order valence-corrected chi connectivity index (χ0v) is 18.0. The lowest BCUT2D eigenvalue weighted by Gasteiger charge is -2.09. The number of fused-ring (bicyclic) bond motifs is 1. The molecule has 0 unspecified atom stereocenters. The maximum Gasteiger partial charge on any atom is 0.238 e. The number of amides is 1. The zero-order valence-electron chi connectivity index (χ0n) is 16.4. The van der Waals surface area contributed by atoms with Crippen LogP contribution in [0.15, 0.2) is 52.3 Å². The molecular weight excluding hydrogens is 408 g/mol. The van der Waals surface area contributed by atoms with Crippen molar-refractivity contribution < 1.29 is 13.2 Å². The summed E-state index contributed by atoms with van der Waals surface area (Å²) in [6.45, 7) is 2.79. The Balaban J connectivity index is 1.79. The summed E-state index contributed by atoms with van der Waals surface area (Å²) in [5, 5.41) is 8.14. The highest BCUT2D eigenvalue weighted by molar-refractivity contribution is 7.98. The maximum absolute atomic E-state index is 12.4. The molecule has 9 heteroatoms. The molecule has 1 amide bonds. The van der Waals surface area contributed by atoms with Crippen LogP contribution in [0.4, 0.5) is 5.69 Å². The number of rotatable bonds is 8. The first-order chi connectivity index (χ1) is 13.8. The van der Waals surface area contributed by atoms with Gasteiger partial charge in [-0.15, -0.1) is 11.8 Å². The molecule has 1 aromatic heterocycles. The number of imidazole rings is 1. The first-order valence-corrected chi connectivity index (χ1v) is 12.0. The Hall–Kier alpha value is -2.36. The minimum atomic E-state index is -3.79. The number of nitrogens with zero attached hydrogens (tertiary/aromatic N) is 2. The minimum Gasteiger partial charge on any atom is -0.328 e. The van der Waals surface area contributed by atoms with E-state index < -0.39 is 10.0 Å². The Morgan fingerprint density at radius 2 is 2.03 bits per heavy atom. The molecule has 0 fully saturated rings. The molecule has 3 aromatic rings. The van der Waals surface area contributed by atoms with E-state index in [9.17, 15) is 13.2 Å². The predicted molar refractivity (Wildman–Crippen MR) is 117 cm³/mol. The monoisotopic (exact) mass is 432 g/mol. The highest BCUT2D eigenvalue weighted by Gasteiger charge is 2.15. The van der Waals surface area contributed by atoms with E-state index >= 15 is 0 Å². The Morgan fingerprint density at radius 3 is 2.72 bits per heavy atom. The van der Waals surface area contributed by atoms with Crippen LogP contribution in [0.1, 0.15) is 25.6 Å². The molecule has 1 heterocycles. The van der Waals surface area contributed by atoms with Crippen LogP contribution in [-0.4, -0.2) is 30.1 Å². The molecule has 0 aliphatic rings. The van der Waals surface area contributed by atoms with Gasteiger partial charge < -0.3 is 9.88 Å². The fourth-order valence-electron chi connectivity index (χ4n) is 3.15. The Labute approximate surface area is 174 Å². The summed E-state index contributed by atoms with van der Waals surface area (Å²) in [7, 11) is -3.79. The lowest BCUT2D eigenvalue weighted by Crippen LogP contribution is -2.14. The van der Waals surface area contributed by atoms with Crippen molar-refractivity contribution in [3.05, 3.63) is 48.3 Å². The lowest BCUT2D eigenvalue weighted by molar-refractivity contribution is -0.116. The number of benzene rings is 2. The van der Waals surface area contributed by atoms with E-state index in [1.165, 1.54) is 12.1 Å². The standard InChI is InChI=1S/C20H24N4O3S2/c1-3-11-24-18-8-7-16(29(21,26)27)13-17(18)23-19(24)9-10-20(25)22-14-5-4-6-15(12-14)28-2/h4-8,12-13H,3,9-11H2,1-2H3,(H,22,25)(H2,21,26,27). The smallest absolute Gasteiger partial charge is 0.238 e. The van der Waals surface area contributed by atoms with Crippen molar-refractivity contribution >= 4 is 44.4 Å². The third-order valence-electron chi connectivity index (χ3n) is 4.50. The third-order valence-corrected chi connectivity index (χ3v) is 6.14. The van der Waals surface area contributed by atoms with Gasteiger partial charge in [0, 0.05) is 30.0 Å². The summed E-state index contributed by atoms with van der Waals surface area (Å²) in [5.74, 6) is 0.657. The van der Waals surface area contributed by atoms with E-state index in [1.54, 1.807) is 17.8 Å². The number of hydrogen-bond donors (Lipinski definition) is 2. The summed E-state index contributed by atoms with van der Waals surface area (Å²) in [6.07, 6.45) is 3.61. The van der Waals surface area contributed by atoms with E-state index in [-0.39, 0.29) is 17.2 Å². The molecule has 0 saturated carbocycles. The van der Waals surface area contributed by atoms with Crippen molar-refractivity contribution in [1.29, 1.82) is 0 Å². The van der Waals surface area contributed by atoms with E-state index in [0.29, 0.717) is 11.9 Å². The van der Waals surface area contributed by atoms with Crippen LogP contribution in [0, 0.1) is 0 Å². The van der Waals surface area contributed by atoms with Gasteiger partial charge in [0.2, 0.25) is 15.9 Å². The van der Waals surface area contributed by atoms with E-state index in [0.717, 1.165) is 34.9 Å². The summed E-state index contributed by atoms with van der Waals surface area (Å²) < 4.78 is 25.3. The zero-order chi connectivity index (χ0) is 21.0. The molecule has 0 aliphatic heterocycles.